The summed E-state index contributed by atoms with van der Waals surface area (Å²) in [6.07, 6.45) is 5.26. The van der Waals surface area contributed by atoms with Crippen LogP contribution < -0.4 is 5.32 Å². The molecule has 0 saturated heterocycles. The van der Waals surface area contributed by atoms with Gasteiger partial charge in [-0.1, -0.05) is 36.4 Å². The monoisotopic (exact) mass is 294 g/mol. The number of hydrogen-bond acceptors (Lipinski definition) is 6. The van der Waals surface area contributed by atoms with E-state index in [2.05, 4.69) is 20.6 Å². The van der Waals surface area contributed by atoms with E-state index >= 15 is 0 Å². The number of hydrogen-bond donors (Lipinski definition) is 1. The summed E-state index contributed by atoms with van der Waals surface area (Å²) in [5, 5.41) is 8.20. The van der Waals surface area contributed by atoms with Crippen molar-refractivity contribution in [1.82, 2.24) is 10.2 Å². The van der Waals surface area contributed by atoms with Crippen LogP contribution in [0.5, 0.6) is 0 Å². The van der Waals surface area contributed by atoms with Crippen LogP contribution in [0.1, 0.15) is 25.7 Å². The van der Waals surface area contributed by atoms with Crippen LogP contribution in [0, 0.1) is 0 Å². The summed E-state index contributed by atoms with van der Waals surface area (Å²) < 4.78 is 0. The summed E-state index contributed by atoms with van der Waals surface area (Å²) in [6, 6.07) is 1.17. The average Bonchev–Trinajstić information content (AvgIpc) is 3.11. The van der Waals surface area contributed by atoms with E-state index in [9.17, 15) is 0 Å². The third kappa shape index (κ3) is 2.29. The minimum absolute atomic E-state index is 0.548. The van der Waals surface area contributed by atoms with E-state index < -0.39 is 0 Å². The van der Waals surface area contributed by atoms with E-state index in [1.54, 1.807) is 11.8 Å². The number of rotatable bonds is 2. The fourth-order valence-corrected chi connectivity index (χ4v) is 5.12. The molecule has 0 radical (unpaired) electrons. The number of aliphatic imine (C=N–C) groups is 2. The molecule has 0 aromatic heterocycles. The minimum Gasteiger partial charge on any atom is -0.360 e. The van der Waals surface area contributed by atoms with Crippen molar-refractivity contribution in [3.05, 3.63) is 11.1 Å². The number of nitrogens with zero attached hydrogens (tertiary/aromatic N) is 3. The Kier molecular flexibility index (Phi) is 3.23. The van der Waals surface area contributed by atoms with Gasteiger partial charge in [0.15, 0.2) is 10.3 Å². The largest absolute Gasteiger partial charge is 0.360 e. The first kappa shape index (κ1) is 12.1. The van der Waals surface area contributed by atoms with E-state index in [0.29, 0.717) is 12.1 Å². The lowest BCUT2D eigenvalue weighted by molar-refractivity contribution is 0.385. The molecule has 2 atom stereocenters. The molecule has 1 N–H and O–H groups in total. The van der Waals surface area contributed by atoms with E-state index in [4.69, 9.17) is 4.99 Å². The first-order chi connectivity index (χ1) is 9.40. The zero-order valence-corrected chi connectivity index (χ0v) is 12.5. The van der Waals surface area contributed by atoms with E-state index in [-0.39, 0.29) is 0 Å². The Bertz CT molecular complexity index is 471. The van der Waals surface area contributed by atoms with Crippen molar-refractivity contribution in [3.63, 3.8) is 0 Å². The van der Waals surface area contributed by atoms with Crippen molar-refractivity contribution >= 4 is 33.9 Å². The van der Waals surface area contributed by atoms with Crippen LogP contribution in [0.25, 0.3) is 0 Å². The quantitative estimate of drug-likeness (QED) is 0.848. The van der Waals surface area contributed by atoms with Gasteiger partial charge in [-0.3, -0.25) is 9.98 Å². The third-order valence-corrected chi connectivity index (χ3v) is 6.01. The van der Waals surface area contributed by atoms with Gasteiger partial charge in [-0.05, 0) is 18.2 Å². The number of thioether (sulfide) groups is 2. The summed E-state index contributed by atoms with van der Waals surface area (Å²) in [5.41, 5.74) is 1.39. The molecular weight excluding hydrogens is 276 g/mol. The van der Waals surface area contributed by atoms with Crippen molar-refractivity contribution in [3.8, 4) is 0 Å². The molecule has 0 spiro atoms. The van der Waals surface area contributed by atoms with Gasteiger partial charge in [0.25, 0.3) is 0 Å². The van der Waals surface area contributed by atoms with Crippen LogP contribution in [0.15, 0.2) is 21.1 Å². The number of amidine groups is 2. The predicted molar refractivity (Wildman–Crippen MR) is 83.8 cm³/mol. The first-order valence-corrected chi connectivity index (χ1v) is 8.91. The lowest BCUT2D eigenvalue weighted by Crippen LogP contribution is -2.36. The van der Waals surface area contributed by atoms with Gasteiger partial charge in [0.05, 0.1) is 18.6 Å². The lowest BCUT2D eigenvalue weighted by atomic mass is 9.92. The van der Waals surface area contributed by atoms with Crippen molar-refractivity contribution < 1.29 is 0 Å². The number of fused-ring (bicyclic) bond motifs is 2. The van der Waals surface area contributed by atoms with Crippen molar-refractivity contribution in [2.75, 3.05) is 18.8 Å². The Morgan fingerprint density at radius 3 is 3.32 bits per heavy atom. The Morgan fingerprint density at radius 2 is 2.37 bits per heavy atom. The Balaban J connectivity index is 1.35. The van der Waals surface area contributed by atoms with Gasteiger partial charge in [0.1, 0.15) is 0 Å². The molecule has 0 bridgehead atoms. The van der Waals surface area contributed by atoms with Gasteiger partial charge < -0.3 is 10.2 Å². The van der Waals surface area contributed by atoms with Crippen LogP contribution in [0.2, 0.25) is 0 Å². The molecule has 4 rings (SSSR count). The topological polar surface area (TPSA) is 40.0 Å². The summed E-state index contributed by atoms with van der Waals surface area (Å²) >= 11 is 3.62. The highest BCUT2D eigenvalue weighted by atomic mass is 32.2. The molecule has 0 amide bonds. The SMILES string of the molecule is C1=C(CSC2=N[C@@H]3CCCC[C@H]3N2)N2CCN=C2S1. The predicted octanol–water partition coefficient (Wildman–Crippen LogP) is 2.25. The summed E-state index contributed by atoms with van der Waals surface area (Å²) in [4.78, 5) is 11.7. The fourth-order valence-electron chi connectivity index (χ4n) is 3.09. The second-order valence-corrected chi connectivity index (χ2v) is 7.17. The molecule has 19 heavy (non-hydrogen) atoms. The zero-order chi connectivity index (χ0) is 12.7. The molecule has 3 heterocycles. The van der Waals surface area contributed by atoms with E-state index in [0.717, 1.165) is 24.0 Å². The molecule has 1 aliphatic carbocycles. The van der Waals surface area contributed by atoms with Crippen LogP contribution in [0.4, 0.5) is 0 Å². The molecule has 1 fully saturated rings. The van der Waals surface area contributed by atoms with Gasteiger partial charge in [0.2, 0.25) is 0 Å². The van der Waals surface area contributed by atoms with Crippen molar-refractivity contribution in [2.24, 2.45) is 9.98 Å². The molecular formula is C13H18N4S2. The van der Waals surface area contributed by atoms with Gasteiger partial charge in [-0.2, -0.15) is 0 Å². The van der Waals surface area contributed by atoms with Gasteiger partial charge in [-0.15, -0.1) is 0 Å². The van der Waals surface area contributed by atoms with Crippen LogP contribution in [-0.2, 0) is 0 Å². The minimum atomic E-state index is 0.548. The fraction of sp³-hybridized carbons (Fsp3) is 0.692. The highest BCUT2D eigenvalue weighted by Gasteiger charge is 2.32. The second-order valence-electron chi connectivity index (χ2n) is 5.37. The maximum Gasteiger partial charge on any atom is 0.167 e. The third-order valence-electron chi connectivity index (χ3n) is 4.13. The Morgan fingerprint density at radius 1 is 1.42 bits per heavy atom. The molecule has 3 aliphatic heterocycles. The molecule has 0 aromatic carbocycles. The van der Waals surface area contributed by atoms with Crippen LogP contribution in [0.3, 0.4) is 0 Å². The van der Waals surface area contributed by atoms with Gasteiger partial charge in [-0.25, -0.2) is 0 Å². The second kappa shape index (κ2) is 5.05. The molecule has 1 saturated carbocycles. The molecule has 0 unspecified atom stereocenters. The summed E-state index contributed by atoms with van der Waals surface area (Å²) in [7, 11) is 0. The van der Waals surface area contributed by atoms with Gasteiger partial charge >= 0.3 is 0 Å². The normalized spacial score (nSPS) is 32.4. The molecule has 4 aliphatic rings. The summed E-state index contributed by atoms with van der Waals surface area (Å²) in [6.45, 7) is 2.01. The summed E-state index contributed by atoms with van der Waals surface area (Å²) in [5.74, 6) is 1.01. The van der Waals surface area contributed by atoms with Crippen LogP contribution in [-0.4, -0.2) is 46.2 Å². The van der Waals surface area contributed by atoms with E-state index in [1.807, 2.05) is 11.8 Å². The lowest BCUT2D eigenvalue weighted by Gasteiger charge is -2.23. The first-order valence-electron chi connectivity index (χ1n) is 7.05. The highest BCUT2D eigenvalue weighted by molar-refractivity contribution is 8.17. The van der Waals surface area contributed by atoms with Gasteiger partial charge in [0, 0.05) is 18.0 Å². The van der Waals surface area contributed by atoms with Crippen molar-refractivity contribution in [2.45, 2.75) is 37.8 Å². The zero-order valence-electron chi connectivity index (χ0n) is 10.8. The maximum absolute atomic E-state index is 4.84. The number of nitrogens with one attached hydrogen (secondary N) is 1. The molecule has 4 nitrogen and oxygen atoms in total. The van der Waals surface area contributed by atoms with Crippen LogP contribution >= 0.6 is 23.5 Å². The Labute approximate surface area is 122 Å². The molecule has 0 aromatic rings. The van der Waals surface area contributed by atoms with E-state index in [1.165, 1.54) is 36.5 Å². The molecule has 6 heteroatoms. The highest BCUT2D eigenvalue weighted by Crippen LogP contribution is 2.32. The Hall–Kier alpha value is -0.620. The smallest absolute Gasteiger partial charge is 0.167 e. The maximum atomic E-state index is 4.84. The average molecular weight is 294 g/mol. The molecule has 102 valence electrons. The standard InChI is InChI=1S/C13H18N4S2/c1-2-4-11-10(3-1)15-12(16-11)18-7-9-8-19-13-14-5-6-17(9)13/h8,10-11H,1-7H2,(H,15,16)/t10-,11-/m1/s1. The van der Waals surface area contributed by atoms with Crippen molar-refractivity contribution in [1.29, 1.82) is 0 Å².